The van der Waals surface area contributed by atoms with Gasteiger partial charge in [-0.05, 0) is 0 Å². The molecular weight excluding hydrogens is 178 g/mol. The number of hydrogen-bond acceptors (Lipinski definition) is 4. The molecule has 5 nitrogen and oxygen atoms in total. The zero-order valence-electron chi connectivity index (χ0n) is 8.52. The first kappa shape index (κ1) is 8.93. The van der Waals surface area contributed by atoms with Gasteiger partial charge in [0.1, 0.15) is 17.7 Å². The smallest absolute Gasteiger partial charge is 0.153 e. The minimum Gasteiger partial charge on any atom is -0.382 e. The van der Waals surface area contributed by atoms with E-state index in [-0.39, 0.29) is 5.41 Å². The van der Waals surface area contributed by atoms with E-state index in [4.69, 9.17) is 5.73 Å². The second kappa shape index (κ2) is 2.67. The van der Waals surface area contributed by atoms with Crippen LogP contribution in [0.25, 0.3) is 5.52 Å². The maximum atomic E-state index is 5.70. The Morgan fingerprint density at radius 2 is 2.00 bits per heavy atom. The summed E-state index contributed by atoms with van der Waals surface area (Å²) in [5, 5.41) is 4.13. The third kappa shape index (κ3) is 1.21. The number of rotatable bonds is 0. The van der Waals surface area contributed by atoms with E-state index in [9.17, 15) is 0 Å². The lowest BCUT2D eigenvalue weighted by atomic mass is 9.96. The molecular formula is C9H13N5. The van der Waals surface area contributed by atoms with Crippen LogP contribution >= 0.6 is 0 Å². The molecule has 2 heterocycles. The van der Waals surface area contributed by atoms with E-state index in [0.29, 0.717) is 5.82 Å². The van der Waals surface area contributed by atoms with Gasteiger partial charge in [-0.1, -0.05) is 20.8 Å². The fraction of sp³-hybridized carbons (Fsp3) is 0.444. The third-order valence-electron chi connectivity index (χ3n) is 2.04. The second-order valence-corrected chi connectivity index (χ2v) is 4.27. The van der Waals surface area contributed by atoms with Crippen molar-refractivity contribution in [2.45, 2.75) is 26.2 Å². The maximum Gasteiger partial charge on any atom is 0.153 e. The van der Waals surface area contributed by atoms with E-state index in [2.05, 4.69) is 35.8 Å². The molecule has 0 unspecified atom stereocenters. The van der Waals surface area contributed by atoms with Crippen molar-refractivity contribution in [1.82, 2.24) is 19.6 Å². The summed E-state index contributed by atoms with van der Waals surface area (Å²) in [5.41, 5.74) is 6.41. The van der Waals surface area contributed by atoms with Gasteiger partial charge in [0, 0.05) is 5.41 Å². The normalized spacial score (nSPS) is 12.2. The number of imidazole rings is 1. The van der Waals surface area contributed by atoms with Crippen LogP contribution in [0, 0.1) is 0 Å². The summed E-state index contributed by atoms with van der Waals surface area (Å²) in [6.45, 7) is 6.25. The van der Waals surface area contributed by atoms with E-state index < -0.39 is 0 Å². The Hall–Kier alpha value is -1.65. The molecule has 0 aromatic carbocycles. The first-order valence-corrected chi connectivity index (χ1v) is 4.45. The van der Waals surface area contributed by atoms with E-state index in [1.165, 1.54) is 6.33 Å². The van der Waals surface area contributed by atoms with Gasteiger partial charge in [0.05, 0.1) is 6.20 Å². The molecule has 0 spiro atoms. The predicted octanol–water partition coefficient (Wildman–Crippen LogP) is 1.00. The highest BCUT2D eigenvalue weighted by Gasteiger charge is 2.20. The molecule has 0 radical (unpaired) electrons. The predicted molar refractivity (Wildman–Crippen MR) is 53.9 cm³/mol. The fourth-order valence-electron chi connectivity index (χ4n) is 1.35. The molecule has 0 amide bonds. The van der Waals surface area contributed by atoms with Crippen LogP contribution in [0.5, 0.6) is 0 Å². The minimum absolute atomic E-state index is 0.0484. The Bertz CT molecular complexity index is 465. The van der Waals surface area contributed by atoms with Crippen LogP contribution < -0.4 is 5.73 Å². The molecule has 2 aromatic rings. The van der Waals surface area contributed by atoms with Crippen LogP contribution in [0.2, 0.25) is 0 Å². The average Bonchev–Trinajstić information content (AvgIpc) is 2.47. The van der Waals surface area contributed by atoms with Crippen LogP contribution in [0.1, 0.15) is 26.6 Å². The molecule has 2 rings (SSSR count). The zero-order valence-corrected chi connectivity index (χ0v) is 8.52. The summed E-state index contributed by atoms with van der Waals surface area (Å²) in [7, 11) is 0. The Morgan fingerprint density at radius 3 is 2.64 bits per heavy atom. The topological polar surface area (TPSA) is 69.1 Å². The number of aromatic nitrogens is 4. The zero-order chi connectivity index (χ0) is 10.3. The third-order valence-corrected chi connectivity index (χ3v) is 2.04. The molecule has 5 heteroatoms. The Labute approximate surface area is 82.0 Å². The highest BCUT2D eigenvalue weighted by molar-refractivity contribution is 5.63. The Morgan fingerprint density at radius 1 is 1.29 bits per heavy atom. The highest BCUT2D eigenvalue weighted by Crippen LogP contribution is 2.22. The molecule has 0 aliphatic rings. The van der Waals surface area contributed by atoms with Gasteiger partial charge >= 0.3 is 0 Å². The number of nitrogens with two attached hydrogens (primary N) is 1. The van der Waals surface area contributed by atoms with Gasteiger partial charge in [0.15, 0.2) is 5.82 Å². The van der Waals surface area contributed by atoms with Crippen LogP contribution in [0.3, 0.4) is 0 Å². The quantitative estimate of drug-likeness (QED) is 0.674. The number of hydrogen-bond donors (Lipinski definition) is 1. The van der Waals surface area contributed by atoms with Crippen molar-refractivity contribution >= 4 is 11.3 Å². The van der Waals surface area contributed by atoms with Gasteiger partial charge in [-0.25, -0.2) is 14.5 Å². The molecule has 0 fully saturated rings. The molecule has 0 saturated carbocycles. The molecule has 14 heavy (non-hydrogen) atoms. The number of nitrogen functional groups attached to an aromatic ring is 1. The van der Waals surface area contributed by atoms with Crippen LogP contribution in [-0.2, 0) is 5.41 Å². The number of fused-ring (bicyclic) bond motifs is 1. The summed E-state index contributed by atoms with van der Waals surface area (Å²) >= 11 is 0. The lowest BCUT2D eigenvalue weighted by Gasteiger charge is -2.15. The van der Waals surface area contributed by atoms with Gasteiger partial charge in [-0.2, -0.15) is 5.10 Å². The molecule has 2 aromatic heterocycles. The van der Waals surface area contributed by atoms with Crippen molar-refractivity contribution < 1.29 is 0 Å². The summed E-state index contributed by atoms with van der Waals surface area (Å²) in [6, 6.07) is 0. The number of anilines is 1. The fourth-order valence-corrected chi connectivity index (χ4v) is 1.35. The Balaban J connectivity index is 2.76. The maximum absolute atomic E-state index is 5.70. The molecule has 0 aliphatic heterocycles. The first-order valence-electron chi connectivity index (χ1n) is 4.45. The molecule has 0 saturated heterocycles. The summed E-state index contributed by atoms with van der Waals surface area (Å²) < 4.78 is 1.74. The van der Waals surface area contributed by atoms with Crippen molar-refractivity contribution in [2.75, 3.05) is 5.73 Å². The standard InChI is InChI=1S/C9H13N5/c1-9(2,3)8-11-4-6-7(10)12-5-13-14(6)8/h4-5H,1-3H3,(H2,10,12,13). The van der Waals surface area contributed by atoms with Gasteiger partial charge in [0.25, 0.3) is 0 Å². The van der Waals surface area contributed by atoms with Crippen molar-refractivity contribution in [3.05, 3.63) is 18.3 Å². The molecule has 0 bridgehead atoms. The van der Waals surface area contributed by atoms with E-state index >= 15 is 0 Å². The van der Waals surface area contributed by atoms with E-state index in [1.54, 1.807) is 10.7 Å². The summed E-state index contributed by atoms with van der Waals surface area (Å²) in [5.74, 6) is 1.35. The Kier molecular flexibility index (Phi) is 1.70. The largest absolute Gasteiger partial charge is 0.382 e. The number of nitrogens with zero attached hydrogens (tertiary/aromatic N) is 4. The van der Waals surface area contributed by atoms with Crippen molar-refractivity contribution in [1.29, 1.82) is 0 Å². The molecule has 74 valence electrons. The lowest BCUT2D eigenvalue weighted by molar-refractivity contribution is 0.529. The van der Waals surface area contributed by atoms with Crippen molar-refractivity contribution in [3.8, 4) is 0 Å². The van der Waals surface area contributed by atoms with Crippen LogP contribution in [-0.4, -0.2) is 19.6 Å². The average molecular weight is 191 g/mol. The molecule has 0 atom stereocenters. The van der Waals surface area contributed by atoms with Gasteiger partial charge in [-0.3, -0.25) is 0 Å². The van der Waals surface area contributed by atoms with Crippen molar-refractivity contribution in [3.63, 3.8) is 0 Å². The van der Waals surface area contributed by atoms with Gasteiger partial charge in [0.2, 0.25) is 0 Å². The monoisotopic (exact) mass is 191 g/mol. The minimum atomic E-state index is -0.0484. The second-order valence-electron chi connectivity index (χ2n) is 4.27. The lowest BCUT2D eigenvalue weighted by Crippen LogP contribution is -2.17. The summed E-state index contributed by atoms with van der Waals surface area (Å²) in [6.07, 6.45) is 3.15. The van der Waals surface area contributed by atoms with Crippen molar-refractivity contribution in [2.24, 2.45) is 0 Å². The highest BCUT2D eigenvalue weighted by atomic mass is 15.3. The van der Waals surface area contributed by atoms with Gasteiger partial charge < -0.3 is 5.73 Å². The summed E-state index contributed by atoms with van der Waals surface area (Å²) in [4.78, 5) is 8.22. The van der Waals surface area contributed by atoms with E-state index in [1.807, 2.05) is 0 Å². The molecule has 2 N–H and O–H groups in total. The van der Waals surface area contributed by atoms with Crippen LogP contribution in [0.15, 0.2) is 12.5 Å². The SMILES string of the molecule is CC(C)(C)c1ncc2c(N)ncnn12. The van der Waals surface area contributed by atoms with Crippen LogP contribution in [0.4, 0.5) is 5.82 Å². The first-order chi connectivity index (χ1) is 6.50. The van der Waals surface area contributed by atoms with Gasteiger partial charge in [-0.15, -0.1) is 0 Å². The molecule has 0 aliphatic carbocycles. The van der Waals surface area contributed by atoms with E-state index in [0.717, 1.165) is 11.3 Å².